The third kappa shape index (κ3) is 3.78. The van der Waals surface area contributed by atoms with Gasteiger partial charge in [0.2, 0.25) is 0 Å². The Morgan fingerprint density at radius 2 is 1.86 bits per heavy atom. The van der Waals surface area contributed by atoms with E-state index in [1.54, 1.807) is 0 Å². The van der Waals surface area contributed by atoms with Crippen molar-refractivity contribution in [3.8, 4) is 0 Å². The van der Waals surface area contributed by atoms with E-state index in [9.17, 15) is 4.79 Å². The van der Waals surface area contributed by atoms with Crippen molar-refractivity contribution in [2.24, 2.45) is 11.8 Å². The summed E-state index contributed by atoms with van der Waals surface area (Å²) in [7, 11) is 1.48. The first-order valence-electron chi connectivity index (χ1n) is 8.46. The largest absolute Gasteiger partial charge is 0.468 e. The molecule has 4 unspecified atom stereocenters. The summed E-state index contributed by atoms with van der Waals surface area (Å²) in [6, 6.07) is 0.671. The first-order chi connectivity index (χ1) is 9.85. The highest BCUT2D eigenvalue weighted by molar-refractivity contribution is 5.80. The van der Waals surface area contributed by atoms with E-state index in [1.165, 1.54) is 39.5 Å². The van der Waals surface area contributed by atoms with Gasteiger partial charge in [-0.25, -0.2) is 0 Å². The van der Waals surface area contributed by atoms with E-state index in [0.717, 1.165) is 18.3 Å². The number of nitrogens with zero attached hydrogens (tertiary/aromatic N) is 1. The maximum atomic E-state index is 12.2. The first-order valence-corrected chi connectivity index (χ1v) is 8.46. The zero-order chi connectivity index (χ0) is 15.6. The molecule has 0 bridgehead atoms. The number of hydrogen-bond acceptors (Lipinski definition) is 4. The number of methoxy groups -OCH3 is 1. The number of esters is 1. The zero-order valence-electron chi connectivity index (χ0n) is 14.3. The summed E-state index contributed by atoms with van der Waals surface area (Å²) >= 11 is 0. The van der Waals surface area contributed by atoms with Crippen molar-refractivity contribution in [2.75, 3.05) is 20.2 Å². The van der Waals surface area contributed by atoms with Crippen molar-refractivity contribution < 1.29 is 9.53 Å². The minimum Gasteiger partial charge on any atom is -0.468 e. The van der Waals surface area contributed by atoms with Gasteiger partial charge in [-0.15, -0.1) is 0 Å². The Morgan fingerprint density at radius 1 is 1.29 bits per heavy atom. The van der Waals surface area contributed by atoms with Crippen LogP contribution in [0.25, 0.3) is 0 Å². The van der Waals surface area contributed by atoms with Crippen LogP contribution < -0.4 is 5.32 Å². The van der Waals surface area contributed by atoms with Crippen LogP contribution in [0.4, 0.5) is 0 Å². The van der Waals surface area contributed by atoms with E-state index in [0.29, 0.717) is 6.04 Å². The van der Waals surface area contributed by atoms with Gasteiger partial charge in [0.25, 0.3) is 0 Å². The fourth-order valence-electron chi connectivity index (χ4n) is 4.41. The molecule has 0 radical (unpaired) electrons. The lowest BCUT2D eigenvalue weighted by Gasteiger charge is -2.36. The van der Waals surface area contributed by atoms with Crippen LogP contribution in [0.1, 0.15) is 53.4 Å². The van der Waals surface area contributed by atoms with Crippen LogP contribution in [0.3, 0.4) is 0 Å². The summed E-state index contributed by atoms with van der Waals surface area (Å²) in [6.45, 7) is 10.8. The lowest BCUT2D eigenvalue weighted by atomic mass is 9.92. The average Bonchev–Trinajstić information content (AvgIpc) is 2.96. The molecule has 2 aliphatic rings. The van der Waals surface area contributed by atoms with E-state index in [4.69, 9.17) is 4.74 Å². The molecule has 1 saturated heterocycles. The van der Waals surface area contributed by atoms with Crippen molar-refractivity contribution in [3.63, 3.8) is 0 Å². The lowest BCUT2D eigenvalue weighted by molar-refractivity contribution is -0.149. The summed E-state index contributed by atoms with van der Waals surface area (Å²) in [5.74, 6) is 1.65. The minimum absolute atomic E-state index is 0.151. The van der Waals surface area contributed by atoms with Gasteiger partial charge in [0.05, 0.1) is 7.11 Å². The summed E-state index contributed by atoms with van der Waals surface area (Å²) in [4.78, 5) is 14.8. The number of carbonyl (C=O) groups is 1. The standard InChI is InChI=1S/C17H32N2O2/c1-12(2)18-17(4,16(20)21-5)9-13(3)19-10-14-7-6-8-15(14)11-19/h12-15,18H,6-11H2,1-5H3. The Balaban J connectivity index is 1.97. The average molecular weight is 296 g/mol. The van der Waals surface area contributed by atoms with Crippen LogP contribution in [0, 0.1) is 11.8 Å². The van der Waals surface area contributed by atoms with Crippen LogP contribution in [-0.2, 0) is 9.53 Å². The molecule has 1 saturated carbocycles. The highest BCUT2D eigenvalue weighted by atomic mass is 16.5. The molecule has 0 spiro atoms. The van der Waals surface area contributed by atoms with Crippen molar-refractivity contribution >= 4 is 5.97 Å². The number of carbonyl (C=O) groups excluding carboxylic acids is 1. The van der Waals surface area contributed by atoms with Gasteiger partial charge in [-0.3, -0.25) is 10.1 Å². The SMILES string of the molecule is COC(=O)C(C)(CC(C)N1CC2CCCC2C1)NC(C)C. The molecule has 1 heterocycles. The van der Waals surface area contributed by atoms with Crippen LogP contribution >= 0.6 is 0 Å². The van der Waals surface area contributed by atoms with Crippen molar-refractivity contribution in [1.82, 2.24) is 10.2 Å². The lowest BCUT2D eigenvalue weighted by Crippen LogP contribution is -2.56. The third-order valence-electron chi connectivity index (χ3n) is 5.32. The van der Waals surface area contributed by atoms with Crippen molar-refractivity contribution in [1.29, 1.82) is 0 Å². The first kappa shape index (κ1) is 16.8. The molecule has 0 aromatic heterocycles. The molecule has 1 aliphatic carbocycles. The summed E-state index contributed by atoms with van der Waals surface area (Å²) < 4.78 is 5.03. The molecule has 4 heteroatoms. The Labute approximate surface area is 129 Å². The molecule has 2 fully saturated rings. The topological polar surface area (TPSA) is 41.6 Å². The molecular weight excluding hydrogens is 264 g/mol. The molecule has 2 rings (SSSR count). The highest BCUT2D eigenvalue weighted by Gasteiger charge is 2.42. The van der Waals surface area contributed by atoms with E-state index in [1.807, 2.05) is 6.92 Å². The summed E-state index contributed by atoms with van der Waals surface area (Å²) in [5.41, 5.74) is -0.597. The molecular formula is C17H32N2O2. The molecule has 0 amide bonds. The van der Waals surface area contributed by atoms with E-state index < -0.39 is 5.54 Å². The van der Waals surface area contributed by atoms with Gasteiger partial charge in [-0.05, 0) is 58.8 Å². The van der Waals surface area contributed by atoms with Crippen LogP contribution in [0.2, 0.25) is 0 Å². The van der Waals surface area contributed by atoms with Gasteiger partial charge >= 0.3 is 5.97 Å². The predicted octanol–water partition coefficient (Wildman–Crippen LogP) is 2.43. The second kappa shape index (κ2) is 6.66. The van der Waals surface area contributed by atoms with Crippen LogP contribution in [0.5, 0.6) is 0 Å². The maximum absolute atomic E-state index is 12.2. The van der Waals surface area contributed by atoms with Gasteiger partial charge in [0.1, 0.15) is 5.54 Å². The Hall–Kier alpha value is -0.610. The quantitative estimate of drug-likeness (QED) is 0.764. The van der Waals surface area contributed by atoms with Crippen molar-refractivity contribution in [2.45, 2.75) is 71.0 Å². The molecule has 1 N–H and O–H groups in total. The molecule has 4 atom stereocenters. The number of likely N-dealkylation sites (tertiary alicyclic amines) is 1. The third-order valence-corrected chi connectivity index (χ3v) is 5.32. The minimum atomic E-state index is -0.597. The van der Waals surface area contributed by atoms with Crippen molar-refractivity contribution in [3.05, 3.63) is 0 Å². The fraction of sp³-hybridized carbons (Fsp3) is 0.941. The predicted molar refractivity (Wildman–Crippen MR) is 85.2 cm³/mol. The van der Waals surface area contributed by atoms with E-state index in [-0.39, 0.29) is 12.0 Å². The number of rotatable bonds is 6. The second-order valence-electron chi connectivity index (χ2n) is 7.58. The molecule has 4 nitrogen and oxygen atoms in total. The Morgan fingerprint density at radius 3 is 2.33 bits per heavy atom. The van der Waals surface area contributed by atoms with E-state index in [2.05, 4.69) is 31.0 Å². The van der Waals surface area contributed by atoms with E-state index >= 15 is 0 Å². The van der Waals surface area contributed by atoms with Gasteiger partial charge < -0.3 is 9.64 Å². The molecule has 1 aliphatic heterocycles. The molecule has 0 aromatic rings. The maximum Gasteiger partial charge on any atom is 0.325 e. The highest BCUT2D eigenvalue weighted by Crippen LogP contribution is 2.39. The van der Waals surface area contributed by atoms with Crippen LogP contribution in [0.15, 0.2) is 0 Å². The molecule has 21 heavy (non-hydrogen) atoms. The summed E-state index contributed by atoms with van der Waals surface area (Å²) in [5, 5.41) is 3.41. The number of ether oxygens (including phenoxy) is 1. The Kier molecular flexibility index (Phi) is 5.31. The van der Waals surface area contributed by atoms with Crippen LogP contribution in [-0.4, -0.2) is 48.7 Å². The monoisotopic (exact) mass is 296 g/mol. The summed E-state index contributed by atoms with van der Waals surface area (Å²) in [6.07, 6.45) is 5.00. The number of hydrogen-bond donors (Lipinski definition) is 1. The van der Waals surface area contributed by atoms with Gasteiger partial charge in [0.15, 0.2) is 0 Å². The molecule has 0 aromatic carbocycles. The molecule has 122 valence electrons. The van der Waals surface area contributed by atoms with Gasteiger partial charge in [0, 0.05) is 25.2 Å². The fourth-order valence-corrected chi connectivity index (χ4v) is 4.41. The smallest absolute Gasteiger partial charge is 0.325 e. The van der Waals surface area contributed by atoms with Gasteiger partial charge in [-0.1, -0.05) is 6.42 Å². The second-order valence-corrected chi connectivity index (χ2v) is 7.58. The zero-order valence-corrected chi connectivity index (χ0v) is 14.3. The Bertz CT molecular complexity index is 360. The normalized spacial score (nSPS) is 30.2. The van der Waals surface area contributed by atoms with Gasteiger partial charge in [-0.2, -0.15) is 0 Å². The number of fused-ring (bicyclic) bond motifs is 1. The number of nitrogens with one attached hydrogen (secondary N) is 1.